The molecule has 1 heterocycles. The van der Waals surface area contributed by atoms with E-state index in [1.807, 2.05) is 19.1 Å². The molecule has 2 amide bonds. The largest absolute Gasteiger partial charge is 0.490 e. The molecule has 0 saturated carbocycles. The Hall–Kier alpha value is -5.17. The molecule has 0 saturated heterocycles. The Bertz CT molecular complexity index is 1520. The SMILES string of the molecule is Cc1ccccc1C(=O)Nc1nnc(CC(=O)NN=Cc2cccc(OCCOc3ccc([N+](=O)[O-])cc3)c2)s1. The molecule has 0 aliphatic rings. The second-order valence-electron chi connectivity index (χ2n) is 8.26. The van der Waals surface area contributed by atoms with Crippen LogP contribution in [0.25, 0.3) is 0 Å². The molecule has 40 heavy (non-hydrogen) atoms. The van der Waals surface area contributed by atoms with Gasteiger partial charge in [0.05, 0.1) is 17.6 Å². The van der Waals surface area contributed by atoms with Crippen molar-refractivity contribution in [3.8, 4) is 11.5 Å². The topological polar surface area (TPSA) is 158 Å². The molecule has 0 radical (unpaired) electrons. The highest BCUT2D eigenvalue weighted by molar-refractivity contribution is 7.15. The lowest BCUT2D eigenvalue weighted by molar-refractivity contribution is -0.384. The summed E-state index contributed by atoms with van der Waals surface area (Å²) in [6.07, 6.45) is 1.43. The third-order valence-electron chi connectivity index (χ3n) is 5.32. The number of carbonyl (C=O) groups excluding carboxylic acids is 2. The van der Waals surface area contributed by atoms with Gasteiger partial charge >= 0.3 is 0 Å². The van der Waals surface area contributed by atoms with Crippen molar-refractivity contribution in [1.29, 1.82) is 0 Å². The molecule has 2 N–H and O–H groups in total. The Morgan fingerprint density at radius 1 is 1.00 bits per heavy atom. The summed E-state index contributed by atoms with van der Waals surface area (Å²) >= 11 is 1.11. The van der Waals surface area contributed by atoms with Gasteiger partial charge in [0.2, 0.25) is 11.0 Å². The van der Waals surface area contributed by atoms with Gasteiger partial charge in [0, 0.05) is 17.7 Å². The van der Waals surface area contributed by atoms with Crippen LogP contribution in [0.15, 0.2) is 77.9 Å². The zero-order valence-electron chi connectivity index (χ0n) is 21.3. The number of nitrogens with one attached hydrogen (secondary N) is 2. The molecule has 0 unspecified atom stereocenters. The fourth-order valence-electron chi connectivity index (χ4n) is 3.39. The Labute approximate surface area is 232 Å². The number of benzene rings is 3. The predicted octanol–water partition coefficient (Wildman–Crippen LogP) is 4.16. The van der Waals surface area contributed by atoms with Crippen LogP contribution in [0.4, 0.5) is 10.8 Å². The van der Waals surface area contributed by atoms with Crippen LogP contribution in [0.1, 0.15) is 26.5 Å². The number of nitro groups is 1. The van der Waals surface area contributed by atoms with E-state index in [0.717, 1.165) is 16.9 Å². The fourth-order valence-corrected chi connectivity index (χ4v) is 4.12. The fraction of sp³-hybridized carbons (Fsp3) is 0.148. The molecule has 3 aromatic carbocycles. The smallest absolute Gasteiger partial charge is 0.269 e. The van der Waals surface area contributed by atoms with Gasteiger partial charge in [0.1, 0.15) is 29.7 Å². The average Bonchev–Trinajstić information content (AvgIpc) is 3.38. The van der Waals surface area contributed by atoms with Gasteiger partial charge in [-0.2, -0.15) is 5.10 Å². The number of ether oxygens (including phenoxy) is 2. The van der Waals surface area contributed by atoms with Gasteiger partial charge in [-0.3, -0.25) is 25.0 Å². The van der Waals surface area contributed by atoms with Crippen molar-refractivity contribution in [3.63, 3.8) is 0 Å². The van der Waals surface area contributed by atoms with Crippen molar-refractivity contribution >= 4 is 40.2 Å². The van der Waals surface area contributed by atoms with Crippen LogP contribution in [-0.4, -0.2) is 46.4 Å². The third-order valence-corrected chi connectivity index (χ3v) is 6.16. The summed E-state index contributed by atoms with van der Waals surface area (Å²) in [7, 11) is 0. The first kappa shape index (κ1) is 27.9. The average molecular weight is 561 g/mol. The summed E-state index contributed by atoms with van der Waals surface area (Å²) in [5.74, 6) is 0.400. The lowest BCUT2D eigenvalue weighted by Gasteiger charge is -2.08. The molecule has 13 heteroatoms. The molecule has 0 fully saturated rings. The number of non-ortho nitro benzene ring substituents is 1. The first-order chi connectivity index (χ1) is 19.4. The van der Waals surface area contributed by atoms with E-state index in [1.165, 1.54) is 30.5 Å². The molecule has 0 aliphatic heterocycles. The minimum atomic E-state index is -0.473. The van der Waals surface area contributed by atoms with Gasteiger partial charge in [-0.1, -0.05) is 41.7 Å². The van der Waals surface area contributed by atoms with E-state index in [0.29, 0.717) is 32.8 Å². The second-order valence-corrected chi connectivity index (χ2v) is 9.32. The highest BCUT2D eigenvalue weighted by atomic mass is 32.1. The molecule has 0 spiro atoms. The molecule has 4 aromatic rings. The number of aromatic nitrogens is 2. The molecule has 204 valence electrons. The maximum Gasteiger partial charge on any atom is 0.269 e. The zero-order chi connectivity index (χ0) is 28.3. The molecule has 1 aromatic heterocycles. The summed E-state index contributed by atoms with van der Waals surface area (Å²) in [5.41, 5.74) is 4.51. The van der Waals surface area contributed by atoms with Crippen molar-refractivity contribution in [2.45, 2.75) is 13.3 Å². The minimum absolute atomic E-state index is 0.00724. The van der Waals surface area contributed by atoms with E-state index in [1.54, 1.807) is 36.4 Å². The number of nitrogens with zero attached hydrogens (tertiary/aromatic N) is 4. The van der Waals surface area contributed by atoms with Crippen molar-refractivity contribution in [3.05, 3.63) is 105 Å². The molecular formula is C27H24N6O6S. The standard InChI is InChI=1S/C27H24N6O6S/c1-18-5-2-3-8-23(18)26(35)29-27-32-31-25(40-27)16-24(34)30-28-17-19-6-4-7-22(15-19)39-14-13-38-21-11-9-20(10-12-21)33(36)37/h2-12,15,17H,13-14,16H2,1H3,(H,30,34)(H,29,32,35). The molecule has 0 bridgehead atoms. The second kappa shape index (κ2) is 13.6. The highest BCUT2D eigenvalue weighted by Gasteiger charge is 2.13. The number of nitro benzene ring substituents is 1. The van der Waals surface area contributed by atoms with Gasteiger partial charge in [0.15, 0.2) is 0 Å². The van der Waals surface area contributed by atoms with Crippen LogP contribution in [0.3, 0.4) is 0 Å². The number of rotatable bonds is 12. The Kier molecular flexibility index (Phi) is 9.45. The van der Waals surface area contributed by atoms with Crippen LogP contribution in [0.5, 0.6) is 11.5 Å². The van der Waals surface area contributed by atoms with E-state index in [-0.39, 0.29) is 37.1 Å². The monoisotopic (exact) mass is 560 g/mol. The zero-order valence-corrected chi connectivity index (χ0v) is 22.1. The van der Waals surface area contributed by atoms with Crippen LogP contribution in [0.2, 0.25) is 0 Å². The van der Waals surface area contributed by atoms with E-state index in [2.05, 4.69) is 26.0 Å². The molecule has 0 aliphatic carbocycles. The third kappa shape index (κ3) is 8.16. The predicted molar refractivity (Wildman–Crippen MR) is 149 cm³/mol. The summed E-state index contributed by atoms with van der Waals surface area (Å²) in [4.78, 5) is 34.9. The lowest BCUT2D eigenvalue weighted by Crippen LogP contribution is -2.19. The number of hydrazone groups is 1. The Morgan fingerprint density at radius 3 is 2.50 bits per heavy atom. The summed E-state index contributed by atoms with van der Waals surface area (Å²) in [6.45, 7) is 2.34. The summed E-state index contributed by atoms with van der Waals surface area (Å²) in [5, 5.41) is 26.0. The minimum Gasteiger partial charge on any atom is -0.490 e. The van der Waals surface area contributed by atoms with Crippen LogP contribution in [-0.2, 0) is 11.2 Å². The van der Waals surface area contributed by atoms with E-state index < -0.39 is 4.92 Å². The van der Waals surface area contributed by atoms with E-state index in [4.69, 9.17) is 9.47 Å². The summed E-state index contributed by atoms with van der Waals surface area (Å²) < 4.78 is 11.2. The van der Waals surface area contributed by atoms with Crippen molar-refractivity contribution in [2.75, 3.05) is 18.5 Å². The highest BCUT2D eigenvalue weighted by Crippen LogP contribution is 2.19. The van der Waals surface area contributed by atoms with Gasteiger partial charge in [-0.05, 0) is 48.4 Å². The van der Waals surface area contributed by atoms with Crippen LogP contribution in [0, 0.1) is 17.0 Å². The van der Waals surface area contributed by atoms with Gasteiger partial charge in [-0.25, -0.2) is 5.43 Å². The quantitative estimate of drug-likeness (QED) is 0.113. The number of aryl methyl sites for hydroxylation is 1. The first-order valence-electron chi connectivity index (χ1n) is 12.0. The molecule has 4 rings (SSSR count). The lowest BCUT2D eigenvalue weighted by atomic mass is 10.1. The number of hydrogen-bond donors (Lipinski definition) is 2. The molecular weight excluding hydrogens is 536 g/mol. The van der Waals surface area contributed by atoms with E-state index >= 15 is 0 Å². The number of carbonyl (C=O) groups is 2. The Morgan fingerprint density at radius 2 is 1.75 bits per heavy atom. The van der Waals surface area contributed by atoms with Crippen molar-refractivity contribution < 1.29 is 24.0 Å². The number of anilines is 1. The summed E-state index contributed by atoms with van der Waals surface area (Å²) in [6, 6.07) is 20.1. The normalized spacial score (nSPS) is 10.7. The Balaban J connectivity index is 1.19. The van der Waals surface area contributed by atoms with Gasteiger partial charge < -0.3 is 9.47 Å². The van der Waals surface area contributed by atoms with Crippen molar-refractivity contribution in [1.82, 2.24) is 15.6 Å². The van der Waals surface area contributed by atoms with Crippen LogP contribution < -0.4 is 20.2 Å². The van der Waals surface area contributed by atoms with Crippen molar-refractivity contribution in [2.24, 2.45) is 5.10 Å². The maximum atomic E-state index is 12.4. The molecule has 0 atom stereocenters. The number of amides is 2. The van der Waals surface area contributed by atoms with Crippen LogP contribution >= 0.6 is 11.3 Å². The molecule has 12 nitrogen and oxygen atoms in total. The number of hydrogen-bond acceptors (Lipinski definition) is 10. The van der Waals surface area contributed by atoms with Gasteiger partial charge in [0.25, 0.3) is 11.6 Å². The van der Waals surface area contributed by atoms with Gasteiger partial charge in [-0.15, -0.1) is 10.2 Å². The first-order valence-corrected chi connectivity index (χ1v) is 12.8. The van der Waals surface area contributed by atoms with E-state index in [9.17, 15) is 19.7 Å². The maximum absolute atomic E-state index is 12.4.